The molecule has 0 aromatic heterocycles. The van der Waals surface area contributed by atoms with Gasteiger partial charge in [-0.25, -0.2) is 8.42 Å². The maximum Gasteiger partial charge on any atom is 0.147 e. The number of hydrogen-bond acceptors (Lipinski definition) is 4. The van der Waals surface area contributed by atoms with Gasteiger partial charge >= 0.3 is 0 Å². The molecule has 1 saturated heterocycles. The fraction of sp³-hybridized carbons (Fsp3) is 0.889. The first-order chi connectivity index (χ1) is 6.47. The molecule has 0 aromatic rings. The summed E-state index contributed by atoms with van der Waals surface area (Å²) in [6.45, 7) is 0. The standard InChI is InChI=1S/C9H15NO2S2/c1-14(11,12)7-3-5-9(8-10)4-2-6-13-9/h2-7H2,1H3. The lowest BCUT2D eigenvalue weighted by Crippen LogP contribution is -2.19. The second-order valence-corrected chi connectivity index (χ2v) is 7.53. The molecule has 1 unspecified atom stereocenters. The number of rotatable bonds is 4. The third-order valence-electron chi connectivity index (χ3n) is 2.40. The van der Waals surface area contributed by atoms with Crippen molar-refractivity contribution in [1.29, 1.82) is 5.26 Å². The summed E-state index contributed by atoms with van der Waals surface area (Å²) in [6.07, 6.45) is 4.56. The number of thioether (sulfide) groups is 1. The van der Waals surface area contributed by atoms with Crippen molar-refractivity contribution in [1.82, 2.24) is 0 Å². The monoisotopic (exact) mass is 233 g/mol. The Labute approximate surface area is 89.8 Å². The number of nitrogens with zero attached hydrogens (tertiary/aromatic N) is 1. The average molecular weight is 233 g/mol. The Hall–Kier alpha value is -0.210. The van der Waals surface area contributed by atoms with Gasteiger partial charge in [-0.05, 0) is 31.4 Å². The molecule has 0 saturated carbocycles. The highest BCUT2D eigenvalue weighted by Gasteiger charge is 2.34. The normalized spacial score (nSPS) is 27.4. The van der Waals surface area contributed by atoms with Crippen LogP contribution in [-0.4, -0.2) is 30.9 Å². The first-order valence-electron chi connectivity index (χ1n) is 4.70. The first-order valence-corrected chi connectivity index (χ1v) is 7.75. The molecule has 1 heterocycles. The van der Waals surface area contributed by atoms with Crippen molar-refractivity contribution < 1.29 is 8.42 Å². The zero-order valence-corrected chi connectivity index (χ0v) is 9.96. The molecule has 1 aliphatic heterocycles. The Kier molecular flexibility index (Phi) is 3.85. The van der Waals surface area contributed by atoms with Crippen molar-refractivity contribution >= 4 is 21.6 Å². The topological polar surface area (TPSA) is 57.9 Å². The zero-order valence-electron chi connectivity index (χ0n) is 8.32. The van der Waals surface area contributed by atoms with Crippen LogP contribution < -0.4 is 0 Å². The van der Waals surface area contributed by atoms with E-state index >= 15 is 0 Å². The fourth-order valence-electron chi connectivity index (χ4n) is 1.66. The summed E-state index contributed by atoms with van der Waals surface area (Å²) in [6, 6.07) is 2.33. The van der Waals surface area contributed by atoms with Crippen LogP contribution in [0.25, 0.3) is 0 Å². The van der Waals surface area contributed by atoms with E-state index in [1.54, 1.807) is 11.8 Å². The minimum atomic E-state index is -2.87. The molecule has 1 atom stereocenters. The van der Waals surface area contributed by atoms with Crippen LogP contribution >= 0.6 is 11.8 Å². The smallest absolute Gasteiger partial charge is 0.147 e. The molecule has 0 N–H and O–H groups in total. The molecule has 0 aromatic carbocycles. The van der Waals surface area contributed by atoms with Crippen molar-refractivity contribution in [3.05, 3.63) is 0 Å². The second-order valence-electron chi connectivity index (χ2n) is 3.79. The third kappa shape index (κ3) is 3.50. The molecule has 3 nitrogen and oxygen atoms in total. The van der Waals surface area contributed by atoms with E-state index in [2.05, 4.69) is 6.07 Å². The van der Waals surface area contributed by atoms with Gasteiger partial charge in [-0.3, -0.25) is 0 Å². The Bertz CT molecular complexity index is 323. The highest BCUT2D eigenvalue weighted by molar-refractivity contribution is 8.01. The molecule has 1 rings (SSSR count). The molecule has 0 bridgehead atoms. The van der Waals surface area contributed by atoms with Gasteiger partial charge in [0.25, 0.3) is 0 Å². The van der Waals surface area contributed by atoms with Gasteiger partial charge in [-0.15, -0.1) is 11.8 Å². The molecule has 0 aliphatic carbocycles. The Morgan fingerprint density at radius 1 is 1.57 bits per heavy atom. The molecule has 1 aliphatic rings. The van der Waals surface area contributed by atoms with Crippen LogP contribution in [-0.2, 0) is 9.84 Å². The van der Waals surface area contributed by atoms with Crippen molar-refractivity contribution in [2.45, 2.75) is 30.4 Å². The number of hydrogen-bond donors (Lipinski definition) is 0. The van der Waals surface area contributed by atoms with Crippen LogP contribution in [0.2, 0.25) is 0 Å². The molecule has 5 heteroatoms. The number of nitriles is 1. The zero-order chi connectivity index (χ0) is 10.7. The van der Waals surface area contributed by atoms with Crippen LogP contribution in [0.15, 0.2) is 0 Å². The van der Waals surface area contributed by atoms with Crippen LogP contribution in [0, 0.1) is 11.3 Å². The van der Waals surface area contributed by atoms with Crippen LogP contribution in [0.1, 0.15) is 25.7 Å². The van der Waals surface area contributed by atoms with Gasteiger partial charge in [0.15, 0.2) is 0 Å². The van der Waals surface area contributed by atoms with E-state index in [-0.39, 0.29) is 10.5 Å². The summed E-state index contributed by atoms with van der Waals surface area (Å²) < 4.78 is 21.5. The quantitative estimate of drug-likeness (QED) is 0.740. The highest BCUT2D eigenvalue weighted by Crippen LogP contribution is 2.41. The van der Waals surface area contributed by atoms with Gasteiger partial charge < -0.3 is 0 Å². The summed E-state index contributed by atoms with van der Waals surface area (Å²) in [5.74, 6) is 1.24. The van der Waals surface area contributed by atoms with E-state index in [9.17, 15) is 8.42 Å². The van der Waals surface area contributed by atoms with E-state index < -0.39 is 9.84 Å². The van der Waals surface area contributed by atoms with E-state index in [0.717, 1.165) is 18.6 Å². The number of sulfone groups is 1. The molecule has 1 fully saturated rings. The van der Waals surface area contributed by atoms with Gasteiger partial charge in [0, 0.05) is 12.0 Å². The van der Waals surface area contributed by atoms with E-state index in [1.165, 1.54) is 6.26 Å². The average Bonchev–Trinajstić information content (AvgIpc) is 2.52. The predicted molar refractivity (Wildman–Crippen MR) is 59.0 cm³/mol. The van der Waals surface area contributed by atoms with E-state index in [1.807, 2.05) is 0 Å². The van der Waals surface area contributed by atoms with Crippen LogP contribution in [0.5, 0.6) is 0 Å². The molecule has 0 amide bonds. The van der Waals surface area contributed by atoms with Gasteiger partial charge in [-0.2, -0.15) is 5.26 Å². The maximum atomic E-state index is 10.9. The van der Waals surface area contributed by atoms with E-state index in [0.29, 0.717) is 12.8 Å². The highest BCUT2D eigenvalue weighted by atomic mass is 32.2. The fourth-order valence-corrected chi connectivity index (χ4v) is 3.65. The SMILES string of the molecule is CS(=O)(=O)CCCC1(C#N)CCCS1. The minimum Gasteiger partial charge on any atom is -0.229 e. The van der Waals surface area contributed by atoms with Gasteiger partial charge in [0.2, 0.25) is 0 Å². The summed E-state index contributed by atoms with van der Waals surface area (Å²) >= 11 is 1.68. The first kappa shape index (κ1) is 11.9. The molecular formula is C9H15NO2S2. The molecule has 0 radical (unpaired) electrons. The van der Waals surface area contributed by atoms with Crippen molar-refractivity contribution in [3.63, 3.8) is 0 Å². The van der Waals surface area contributed by atoms with Crippen molar-refractivity contribution in [3.8, 4) is 6.07 Å². The van der Waals surface area contributed by atoms with Gasteiger partial charge in [0.1, 0.15) is 14.6 Å². The van der Waals surface area contributed by atoms with E-state index in [4.69, 9.17) is 5.26 Å². The molecule has 80 valence electrons. The second kappa shape index (κ2) is 4.54. The maximum absolute atomic E-state index is 10.9. The van der Waals surface area contributed by atoms with Crippen molar-refractivity contribution in [2.75, 3.05) is 17.8 Å². The van der Waals surface area contributed by atoms with Gasteiger partial charge in [-0.1, -0.05) is 0 Å². The molecular weight excluding hydrogens is 218 g/mol. The Morgan fingerprint density at radius 2 is 2.29 bits per heavy atom. The van der Waals surface area contributed by atoms with Gasteiger partial charge in [0.05, 0.1) is 6.07 Å². The molecule has 0 spiro atoms. The largest absolute Gasteiger partial charge is 0.229 e. The summed E-state index contributed by atoms with van der Waals surface area (Å²) in [5.41, 5.74) is 0. The lowest BCUT2D eigenvalue weighted by Gasteiger charge is -2.18. The third-order valence-corrected chi connectivity index (χ3v) is 4.98. The van der Waals surface area contributed by atoms with Crippen molar-refractivity contribution in [2.24, 2.45) is 0 Å². The molecule has 14 heavy (non-hydrogen) atoms. The van der Waals surface area contributed by atoms with Crippen LogP contribution in [0.3, 0.4) is 0 Å². The lowest BCUT2D eigenvalue weighted by molar-refractivity contribution is 0.582. The minimum absolute atomic E-state index is 0.205. The Morgan fingerprint density at radius 3 is 2.71 bits per heavy atom. The predicted octanol–water partition coefficient (Wildman–Crippen LogP) is 1.60. The van der Waals surface area contributed by atoms with Crippen LogP contribution in [0.4, 0.5) is 0 Å². The lowest BCUT2D eigenvalue weighted by atomic mass is 9.99. The Balaban J connectivity index is 2.40. The summed E-state index contributed by atoms with van der Waals surface area (Å²) in [4.78, 5) is 0. The summed E-state index contributed by atoms with van der Waals surface area (Å²) in [5, 5.41) is 9.03. The summed E-state index contributed by atoms with van der Waals surface area (Å²) in [7, 11) is -2.87.